The van der Waals surface area contributed by atoms with Gasteiger partial charge in [0.1, 0.15) is 6.61 Å². The second-order valence-corrected chi connectivity index (χ2v) is 4.13. The van der Waals surface area contributed by atoms with E-state index in [1.165, 1.54) is 6.92 Å². The number of aliphatic hydroxyl groups is 2. The van der Waals surface area contributed by atoms with E-state index >= 15 is 0 Å². The van der Waals surface area contributed by atoms with Gasteiger partial charge < -0.3 is 14.9 Å². The monoisotopic (exact) mass is 238 g/mol. The molecule has 0 aromatic heterocycles. The Hall–Kier alpha value is -1.39. The first-order valence-electron chi connectivity index (χ1n) is 5.60. The third-order valence-electron chi connectivity index (χ3n) is 2.66. The highest BCUT2D eigenvalue weighted by molar-refractivity contribution is 5.79. The molecule has 0 spiro atoms. The molecular formula is C13H18O4. The van der Waals surface area contributed by atoms with E-state index in [9.17, 15) is 15.0 Å². The van der Waals surface area contributed by atoms with Gasteiger partial charge in [-0.25, -0.2) is 4.79 Å². The molecule has 0 unspecified atom stereocenters. The van der Waals surface area contributed by atoms with Gasteiger partial charge in [-0.2, -0.15) is 0 Å². The fourth-order valence-electron chi connectivity index (χ4n) is 1.40. The van der Waals surface area contributed by atoms with Gasteiger partial charge in [0.15, 0.2) is 5.60 Å². The van der Waals surface area contributed by atoms with E-state index in [-0.39, 0.29) is 13.0 Å². The Balaban J connectivity index is 2.55. The largest absolute Gasteiger partial charge is 0.459 e. The van der Waals surface area contributed by atoms with Crippen molar-refractivity contribution in [2.45, 2.75) is 38.6 Å². The number of hydrogen-bond acceptors (Lipinski definition) is 4. The Morgan fingerprint density at radius 2 is 2.00 bits per heavy atom. The molecule has 0 aliphatic carbocycles. The molecule has 0 bridgehead atoms. The Labute approximate surface area is 101 Å². The smallest absolute Gasteiger partial charge is 0.340 e. The lowest BCUT2D eigenvalue weighted by Gasteiger charge is -2.25. The molecule has 0 saturated heterocycles. The Kier molecular flexibility index (Phi) is 4.66. The molecule has 0 aliphatic rings. The summed E-state index contributed by atoms with van der Waals surface area (Å²) in [5.41, 5.74) is -1.02. The van der Waals surface area contributed by atoms with Crippen LogP contribution >= 0.6 is 0 Å². The van der Waals surface area contributed by atoms with Crippen LogP contribution in [-0.4, -0.2) is 27.9 Å². The molecule has 0 aliphatic heterocycles. The Morgan fingerprint density at radius 3 is 2.53 bits per heavy atom. The Bertz CT molecular complexity index is 359. The van der Waals surface area contributed by atoms with Crippen molar-refractivity contribution in [1.29, 1.82) is 0 Å². The molecule has 0 fully saturated rings. The summed E-state index contributed by atoms with van der Waals surface area (Å²) in [6, 6.07) is 9.17. The van der Waals surface area contributed by atoms with Gasteiger partial charge in [0.2, 0.25) is 0 Å². The third-order valence-corrected chi connectivity index (χ3v) is 2.66. The first-order valence-corrected chi connectivity index (χ1v) is 5.60. The van der Waals surface area contributed by atoms with E-state index < -0.39 is 17.7 Å². The predicted molar refractivity (Wildman–Crippen MR) is 63.2 cm³/mol. The van der Waals surface area contributed by atoms with Crippen LogP contribution in [0.25, 0.3) is 0 Å². The number of esters is 1. The van der Waals surface area contributed by atoms with Gasteiger partial charge in [0.05, 0.1) is 6.10 Å². The molecule has 17 heavy (non-hydrogen) atoms. The highest BCUT2D eigenvalue weighted by Gasteiger charge is 2.38. The summed E-state index contributed by atoms with van der Waals surface area (Å²) in [6.45, 7) is 3.03. The maximum atomic E-state index is 11.6. The van der Waals surface area contributed by atoms with Crippen molar-refractivity contribution in [2.24, 2.45) is 0 Å². The molecule has 4 nitrogen and oxygen atoms in total. The van der Waals surface area contributed by atoms with E-state index in [0.717, 1.165) is 5.56 Å². The van der Waals surface area contributed by atoms with Crippen LogP contribution in [0.15, 0.2) is 30.3 Å². The van der Waals surface area contributed by atoms with E-state index in [1.54, 1.807) is 6.92 Å². The molecule has 2 atom stereocenters. The van der Waals surface area contributed by atoms with Crippen molar-refractivity contribution in [1.82, 2.24) is 0 Å². The minimum absolute atomic E-state index is 0.0895. The molecule has 0 saturated carbocycles. The van der Waals surface area contributed by atoms with Crippen LogP contribution < -0.4 is 0 Å². The fraction of sp³-hybridized carbons (Fsp3) is 0.462. The number of hydrogen-bond donors (Lipinski definition) is 2. The zero-order valence-electron chi connectivity index (χ0n) is 10.1. The highest BCUT2D eigenvalue weighted by atomic mass is 16.6. The SMILES string of the molecule is CC[C@H](O)[C@@](C)(O)C(=O)OCc1ccccc1. The standard InChI is InChI=1S/C13H18O4/c1-3-11(14)13(2,16)12(15)17-9-10-7-5-4-6-8-10/h4-8,11,14,16H,3,9H2,1-2H3/t11-,13+/m0/s1. The second-order valence-electron chi connectivity index (χ2n) is 4.13. The maximum Gasteiger partial charge on any atom is 0.340 e. The molecule has 94 valence electrons. The van der Waals surface area contributed by atoms with Crippen molar-refractivity contribution < 1.29 is 19.7 Å². The van der Waals surface area contributed by atoms with Crippen molar-refractivity contribution >= 4 is 5.97 Å². The lowest BCUT2D eigenvalue weighted by Crippen LogP contribution is -2.47. The van der Waals surface area contributed by atoms with Gasteiger partial charge in [-0.15, -0.1) is 0 Å². The number of benzene rings is 1. The van der Waals surface area contributed by atoms with Gasteiger partial charge in [-0.05, 0) is 18.9 Å². The molecule has 0 amide bonds. The summed E-state index contributed by atoms with van der Waals surface area (Å²) in [6.07, 6.45) is -0.834. The summed E-state index contributed by atoms with van der Waals surface area (Å²) in [4.78, 5) is 11.6. The average molecular weight is 238 g/mol. The van der Waals surface area contributed by atoms with Gasteiger partial charge in [-0.1, -0.05) is 37.3 Å². The lowest BCUT2D eigenvalue weighted by molar-refractivity contribution is -0.176. The molecule has 0 heterocycles. The average Bonchev–Trinajstić information content (AvgIpc) is 2.35. The van der Waals surface area contributed by atoms with E-state index in [0.29, 0.717) is 0 Å². The fourth-order valence-corrected chi connectivity index (χ4v) is 1.40. The minimum atomic E-state index is -1.86. The summed E-state index contributed by atoms with van der Waals surface area (Å²) in [7, 11) is 0. The second kappa shape index (κ2) is 5.80. The highest BCUT2D eigenvalue weighted by Crippen LogP contribution is 2.16. The van der Waals surface area contributed by atoms with E-state index in [1.807, 2.05) is 30.3 Å². The third kappa shape index (κ3) is 3.54. The number of rotatable bonds is 5. The summed E-state index contributed by atoms with van der Waals surface area (Å²) < 4.78 is 4.97. The number of ether oxygens (including phenoxy) is 1. The maximum absolute atomic E-state index is 11.6. The molecule has 1 rings (SSSR count). The van der Waals surface area contributed by atoms with Gasteiger partial charge in [0, 0.05) is 0 Å². The first-order chi connectivity index (χ1) is 7.98. The van der Waals surface area contributed by atoms with Crippen molar-refractivity contribution in [3.63, 3.8) is 0 Å². The van der Waals surface area contributed by atoms with Crippen LogP contribution in [0.5, 0.6) is 0 Å². The molecule has 1 aromatic carbocycles. The number of carbonyl (C=O) groups is 1. The van der Waals surface area contributed by atoms with Crippen LogP contribution in [0, 0.1) is 0 Å². The van der Waals surface area contributed by atoms with Crippen LogP contribution in [0.4, 0.5) is 0 Å². The normalized spacial score (nSPS) is 16.0. The van der Waals surface area contributed by atoms with Crippen LogP contribution in [0.3, 0.4) is 0 Å². The van der Waals surface area contributed by atoms with Crippen LogP contribution in [-0.2, 0) is 16.1 Å². The van der Waals surface area contributed by atoms with Crippen molar-refractivity contribution in [3.8, 4) is 0 Å². The number of carbonyl (C=O) groups excluding carboxylic acids is 1. The van der Waals surface area contributed by atoms with Gasteiger partial charge in [0.25, 0.3) is 0 Å². The summed E-state index contributed by atoms with van der Waals surface area (Å²) >= 11 is 0. The molecule has 2 N–H and O–H groups in total. The van der Waals surface area contributed by atoms with Crippen LogP contribution in [0.1, 0.15) is 25.8 Å². The predicted octanol–water partition coefficient (Wildman–Crippen LogP) is 1.25. The zero-order chi connectivity index (χ0) is 12.9. The quantitative estimate of drug-likeness (QED) is 0.758. The van der Waals surface area contributed by atoms with Gasteiger partial charge >= 0.3 is 5.97 Å². The first kappa shape index (κ1) is 13.7. The lowest BCUT2D eigenvalue weighted by atomic mass is 9.97. The molecule has 0 radical (unpaired) electrons. The van der Waals surface area contributed by atoms with Crippen molar-refractivity contribution in [3.05, 3.63) is 35.9 Å². The van der Waals surface area contributed by atoms with Crippen LogP contribution in [0.2, 0.25) is 0 Å². The minimum Gasteiger partial charge on any atom is -0.459 e. The van der Waals surface area contributed by atoms with E-state index in [4.69, 9.17) is 4.74 Å². The van der Waals surface area contributed by atoms with Crippen molar-refractivity contribution in [2.75, 3.05) is 0 Å². The zero-order valence-corrected chi connectivity index (χ0v) is 10.1. The summed E-state index contributed by atoms with van der Waals surface area (Å²) in [5, 5.41) is 19.3. The van der Waals surface area contributed by atoms with Gasteiger partial charge in [-0.3, -0.25) is 0 Å². The van der Waals surface area contributed by atoms with E-state index in [2.05, 4.69) is 0 Å². The number of aliphatic hydroxyl groups excluding tert-OH is 1. The summed E-state index contributed by atoms with van der Waals surface area (Å²) in [5.74, 6) is -0.810. The molecular weight excluding hydrogens is 220 g/mol. The molecule has 1 aromatic rings. The molecule has 4 heteroatoms. The topological polar surface area (TPSA) is 66.8 Å². The Morgan fingerprint density at radius 1 is 1.41 bits per heavy atom.